The maximum absolute atomic E-state index is 5.24. The summed E-state index contributed by atoms with van der Waals surface area (Å²) in [6, 6.07) is 8.08. The van der Waals surface area contributed by atoms with Crippen LogP contribution in [0.4, 0.5) is 0 Å². The Bertz CT molecular complexity index is 246. The molecule has 0 fully saturated rings. The minimum Gasteiger partial charge on any atom is -0.465 e. The molecule has 0 unspecified atom stereocenters. The fraction of sp³-hybridized carbons (Fsp3) is 0.111. The zero-order valence-electron chi connectivity index (χ0n) is 6.86. The summed E-state index contributed by atoms with van der Waals surface area (Å²) < 4.78 is 5.24. The van der Waals surface area contributed by atoms with Crippen molar-refractivity contribution >= 4 is 17.4 Å². The molecule has 3 heteroatoms. The van der Waals surface area contributed by atoms with Crippen molar-refractivity contribution in [2.75, 3.05) is 0 Å². The smallest absolute Gasteiger partial charge is 0.130 e. The van der Waals surface area contributed by atoms with Crippen molar-refractivity contribution in [1.82, 2.24) is 0 Å². The van der Waals surface area contributed by atoms with E-state index in [0.717, 1.165) is 12.2 Å². The van der Waals surface area contributed by atoms with Gasteiger partial charge < -0.3 is 4.74 Å². The van der Waals surface area contributed by atoms with Crippen LogP contribution in [0.3, 0.4) is 0 Å². The van der Waals surface area contributed by atoms with E-state index in [0.29, 0.717) is 0 Å². The fourth-order valence-corrected chi connectivity index (χ4v) is 1.08. The summed E-state index contributed by atoms with van der Waals surface area (Å²) >= 11 is 0. The first-order valence-corrected chi connectivity index (χ1v) is 3.36. The van der Waals surface area contributed by atoms with Crippen LogP contribution in [0, 0.1) is 0 Å². The molecule has 0 saturated heterocycles. The van der Waals surface area contributed by atoms with Crippen LogP contribution in [-0.2, 0) is 25.9 Å². The molecule has 1 heterocycles. The minimum atomic E-state index is 0. The predicted octanol–water partition coefficient (Wildman–Crippen LogP) is 1.75. The van der Waals surface area contributed by atoms with E-state index in [-0.39, 0.29) is 36.8 Å². The van der Waals surface area contributed by atoms with Crippen molar-refractivity contribution in [1.29, 1.82) is 0 Å². The first kappa shape index (κ1) is 11.9. The van der Waals surface area contributed by atoms with E-state index in [4.69, 9.17) is 4.74 Å². The molecular weight excluding hydrogens is 216 g/mol. The van der Waals surface area contributed by atoms with E-state index >= 15 is 0 Å². The number of fused-ring (bicyclic) bond motifs is 1. The minimum absolute atomic E-state index is 0. The number of benzene rings is 1. The van der Waals surface area contributed by atoms with E-state index < -0.39 is 0 Å². The predicted molar refractivity (Wildman–Crippen MR) is 45.7 cm³/mol. The summed E-state index contributed by atoms with van der Waals surface area (Å²) in [4.78, 5) is 0. The molecule has 1 nitrogen and oxygen atoms in total. The summed E-state index contributed by atoms with van der Waals surface area (Å²) in [6.07, 6.45) is 4.75. The summed E-state index contributed by atoms with van der Waals surface area (Å²) in [6.45, 7) is 0. The van der Waals surface area contributed by atoms with Crippen molar-refractivity contribution in [3.63, 3.8) is 0 Å². The normalized spacial score (nSPS) is 11.7. The van der Waals surface area contributed by atoms with Crippen LogP contribution in [0.1, 0.15) is 5.56 Å². The van der Waals surface area contributed by atoms with Crippen molar-refractivity contribution in [3.05, 3.63) is 42.2 Å². The average Bonchev–Trinajstić information content (AvgIpc) is 2.05. The molecule has 12 heavy (non-hydrogen) atoms. The molecule has 55 valence electrons. The second-order valence-electron chi connectivity index (χ2n) is 2.30. The molecule has 0 aliphatic carbocycles. The molecule has 0 spiro atoms. The molecule has 0 saturated carbocycles. The Morgan fingerprint density at radius 3 is 2.67 bits per heavy atom. The first-order valence-electron chi connectivity index (χ1n) is 3.36. The van der Waals surface area contributed by atoms with Crippen molar-refractivity contribution in [2.24, 2.45) is 0 Å². The second-order valence-corrected chi connectivity index (χ2v) is 2.30. The summed E-state index contributed by atoms with van der Waals surface area (Å²) in [5, 5.41) is 0. The molecule has 1 aliphatic heterocycles. The van der Waals surface area contributed by atoms with Crippen LogP contribution in [-0.4, -0.2) is 17.4 Å². The topological polar surface area (TPSA) is 9.23 Å². The Hall–Kier alpha value is -0.0842. The number of ether oxygens (including phenoxy) is 1. The number of hydrogen-bond donors (Lipinski definition) is 0. The molecule has 0 bridgehead atoms. The Labute approximate surface area is 95.7 Å². The zero-order chi connectivity index (χ0) is 6.81. The average molecular weight is 225 g/mol. The third kappa shape index (κ3) is 2.46. The van der Waals surface area contributed by atoms with E-state index in [2.05, 4.69) is 6.07 Å². The second kappa shape index (κ2) is 5.54. The summed E-state index contributed by atoms with van der Waals surface area (Å²) in [7, 11) is 0. The van der Waals surface area contributed by atoms with E-state index in [1.807, 2.05) is 24.3 Å². The van der Waals surface area contributed by atoms with Crippen molar-refractivity contribution in [3.8, 4) is 5.75 Å². The largest absolute Gasteiger partial charge is 0.465 e. The van der Waals surface area contributed by atoms with E-state index in [9.17, 15) is 0 Å². The molecule has 3 radical (unpaired) electrons. The van der Waals surface area contributed by atoms with Gasteiger partial charge in [0.2, 0.25) is 0 Å². The van der Waals surface area contributed by atoms with Gasteiger partial charge >= 0.3 is 0 Å². The molecule has 0 atom stereocenters. The van der Waals surface area contributed by atoms with Gasteiger partial charge in [0.15, 0.2) is 0 Å². The standard InChI is InChI=1S/C9H8O.Al.Zn/c1-2-6-9-8(4-1)5-3-7-10-9;;/h1-4,6-7H,5H2;;. The third-order valence-corrected chi connectivity index (χ3v) is 1.60. The van der Waals surface area contributed by atoms with Crippen molar-refractivity contribution in [2.45, 2.75) is 6.42 Å². The fourth-order valence-electron chi connectivity index (χ4n) is 1.08. The van der Waals surface area contributed by atoms with Gasteiger partial charge in [-0.3, -0.25) is 0 Å². The molecular formula is C9H8AlOZn. The van der Waals surface area contributed by atoms with E-state index in [1.165, 1.54) is 5.56 Å². The molecule has 1 aromatic carbocycles. The van der Waals surface area contributed by atoms with E-state index in [1.54, 1.807) is 6.26 Å². The first-order chi connectivity index (χ1) is 4.97. The summed E-state index contributed by atoms with van der Waals surface area (Å²) in [5.74, 6) is 0.991. The quantitative estimate of drug-likeness (QED) is 0.610. The SMILES string of the molecule is C1=COc2ccccc2C1.[Al].[Zn]. The van der Waals surface area contributed by atoms with Crippen LogP contribution < -0.4 is 4.74 Å². The maximum atomic E-state index is 5.24. The Kier molecular flexibility index (Phi) is 5.50. The maximum Gasteiger partial charge on any atom is 0.130 e. The van der Waals surface area contributed by atoms with Crippen molar-refractivity contribution < 1.29 is 24.2 Å². The third-order valence-electron chi connectivity index (χ3n) is 1.60. The summed E-state index contributed by atoms with van der Waals surface area (Å²) in [5.41, 5.74) is 1.27. The van der Waals surface area contributed by atoms with Gasteiger partial charge in [-0.25, -0.2) is 0 Å². The monoisotopic (exact) mass is 223 g/mol. The molecule has 0 aromatic heterocycles. The van der Waals surface area contributed by atoms with Gasteiger partial charge in [0, 0.05) is 36.8 Å². The van der Waals surface area contributed by atoms with Gasteiger partial charge in [-0.1, -0.05) is 18.2 Å². The molecule has 1 aromatic rings. The van der Waals surface area contributed by atoms with Crippen LogP contribution >= 0.6 is 0 Å². The Morgan fingerprint density at radius 1 is 1.17 bits per heavy atom. The number of para-hydroxylation sites is 1. The van der Waals surface area contributed by atoms with Crippen LogP contribution in [0.15, 0.2) is 36.6 Å². The van der Waals surface area contributed by atoms with Gasteiger partial charge in [0.1, 0.15) is 5.75 Å². The van der Waals surface area contributed by atoms with Crippen LogP contribution in [0.2, 0.25) is 0 Å². The zero-order valence-corrected chi connectivity index (χ0v) is 11.0. The van der Waals surface area contributed by atoms with Gasteiger partial charge in [0.05, 0.1) is 6.26 Å². The number of rotatable bonds is 0. The molecule has 0 amide bonds. The molecule has 1 aliphatic rings. The van der Waals surface area contributed by atoms with Gasteiger partial charge in [0.25, 0.3) is 0 Å². The Morgan fingerprint density at radius 2 is 1.92 bits per heavy atom. The molecule has 0 N–H and O–H groups in total. The number of hydrogen-bond acceptors (Lipinski definition) is 1. The Balaban J connectivity index is 0.000000605. The molecule has 2 rings (SSSR count). The van der Waals surface area contributed by atoms with Gasteiger partial charge in [-0.15, -0.1) is 0 Å². The van der Waals surface area contributed by atoms with Gasteiger partial charge in [-0.05, 0) is 24.1 Å². The van der Waals surface area contributed by atoms with Crippen LogP contribution in [0.5, 0.6) is 5.75 Å². The number of allylic oxidation sites excluding steroid dienone is 1. The van der Waals surface area contributed by atoms with Gasteiger partial charge in [-0.2, -0.15) is 0 Å². The van der Waals surface area contributed by atoms with Crippen LogP contribution in [0.25, 0.3) is 0 Å².